The van der Waals surface area contributed by atoms with Crippen LogP contribution in [0.5, 0.6) is 5.75 Å². The summed E-state index contributed by atoms with van der Waals surface area (Å²) in [5, 5.41) is 1.05. The van der Waals surface area contributed by atoms with E-state index in [1.165, 1.54) is 0 Å². The summed E-state index contributed by atoms with van der Waals surface area (Å²) in [6, 6.07) is 3.34. The van der Waals surface area contributed by atoms with Crippen LogP contribution in [0.3, 0.4) is 0 Å². The predicted octanol–water partition coefficient (Wildman–Crippen LogP) is 4.50. The number of ether oxygens (including phenoxy) is 1. The lowest BCUT2D eigenvalue weighted by atomic mass is 10.2. The molecule has 0 bridgehead atoms. The van der Waals surface area contributed by atoms with E-state index in [-0.39, 0.29) is 5.78 Å². The van der Waals surface area contributed by atoms with E-state index in [0.29, 0.717) is 35.2 Å². The lowest BCUT2D eigenvalue weighted by Crippen LogP contribution is -2.00. The zero-order chi connectivity index (χ0) is 12.1. The largest absolute Gasteiger partial charge is 0.492 e. The van der Waals surface area contributed by atoms with Crippen molar-refractivity contribution in [2.75, 3.05) is 6.61 Å². The third kappa shape index (κ3) is 4.32. The van der Waals surface area contributed by atoms with Gasteiger partial charge in [0.25, 0.3) is 0 Å². The molecule has 0 aromatic heterocycles. The molecule has 1 rings (SSSR count). The van der Waals surface area contributed by atoms with Crippen molar-refractivity contribution in [1.82, 2.24) is 0 Å². The topological polar surface area (TPSA) is 26.3 Å². The number of hydrogen-bond acceptors (Lipinski definition) is 2. The summed E-state index contributed by atoms with van der Waals surface area (Å²) in [4.78, 5) is 10.7. The van der Waals surface area contributed by atoms with Crippen LogP contribution in [0.25, 0.3) is 0 Å². The molecule has 0 radical (unpaired) electrons. The summed E-state index contributed by atoms with van der Waals surface area (Å²) in [6.07, 6.45) is 1.20. The smallest absolute Gasteiger partial charge is 0.139 e. The van der Waals surface area contributed by atoms with E-state index in [0.717, 1.165) is 4.47 Å². The van der Waals surface area contributed by atoms with Crippen LogP contribution in [0.4, 0.5) is 0 Å². The van der Waals surface area contributed by atoms with Crippen LogP contribution in [0.2, 0.25) is 10.0 Å². The van der Waals surface area contributed by atoms with E-state index in [9.17, 15) is 4.79 Å². The summed E-state index contributed by atoms with van der Waals surface area (Å²) < 4.78 is 6.17. The summed E-state index contributed by atoms with van der Waals surface area (Å²) in [6.45, 7) is 2.01. The van der Waals surface area contributed by atoms with E-state index >= 15 is 0 Å². The Bertz CT molecular complexity index is 394. The molecule has 88 valence electrons. The second-order valence-corrected chi connectivity index (χ2v) is 5.02. The number of hydrogen-bond donors (Lipinski definition) is 0. The van der Waals surface area contributed by atoms with Gasteiger partial charge in [-0.1, -0.05) is 23.2 Å². The first-order valence-electron chi connectivity index (χ1n) is 4.77. The van der Waals surface area contributed by atoms with E-state index in [1.54, 1.807) is 19.1 Å². The van der Waals surface area contributed by atoms with Gasteiger partial charge in [-0.25, -0.2) is 0 Å². The van der Waals surface area contributed by atoms with Gasteiger partial charge in [0.05, 0.1) is 16.7 Å². The van der Waals surface area contributed by atoms with Gasteiger partial charge in [-0.15, -0.1) is 0 Å². The zero-order valence-electron chi connectivity index (χ0n) is 8.73. The second-order valence-electron chi connectivity index (χ2n) is 3.35. The molecule has 2 nitrogen and oxygen atoms in total. The number of halogens is 3. The number of ketones is 1. The Balaban J connectivity index is 2.54. The molecule has 0 saturated heterocycles. The SMILES string of the molecule is CC(=O)CCCOc1cc(Cl)c(Br)cc1Cl. The van der Waals surface area contributed by atoms with E-state index in [4.69, 9.17) is 27.9 Å². The minimum absolute atomic E-state index is 0.156. The molecule has 1 aromatic rings. The van der Waals surface area contributed by atoms with Gasteiger partial charge in [0, 0.05) is 17.0 Å². The number of carbonyl (C=O) groups excluding carboxylic acids is 1. The molecule has 0 aliphatic heterocycles. The fourth-order valence-electron chi connectivity index (χ4n) is 1.12. The van der Waals surface area contributed by atoms with Crippen LogP contribution in [0.15, 0.2) is 16.6 Å². The van der Waals surface area contributed by atoms with Crippen LogP contribution < -0.4 is 4.74 Å². The number of Topliss-reactive ketones (excluding diaryl/α,β-unsaturated/α-hetero) is 1. The quantitative estimate of drug-likeness (QED) is 0.588. The Kier molecular flexibility index (Phi) is 5.59. The molecule has 0 aliphatic rings. The van der Waals surface area contributed by atoms with Crippen LogP contribution in [-0.4, -0.2) is 12.4 Å². The standard InChI is InChI=1S/C11H11BrCl2O2/c1-7(15)3-2-4-16-11-6-9(13)8(12)5-10(11)14/h5-6H,2-4H2,1H3. The molecule has 5 heteroatoms. The second kappa shape index (κ2) is 6.48. The fraction of sp³-hybridized carbons (Fsp3) is 0.364. The first-order chi connectivity index (χ1) is 7.50. The molecule has 0 unspecified atom stereocenters. The monoisotopic (exact) mass is 324 g/mol. The highest BCUT2D eigenvalue weighted by molar-refractivity contribution is 9.10. The van der Waals surface area contributed by atoms with Gasteiger partial charge in [-0.3, -0.25) is 0 Å². The number of benzene rings is 1. The van der Waals surface area contributed by atoms with Crippen LogP contribution in [-0.2, 0) is 4.79 Å². The summed E-state index contributed by atoms with van der Waals surface area (Å²) in [5.41, 5.74) is 0. The molecule has 0 saturated carbocycles. The van der Waals surface area contributed by atoms with Gasteiger partial charge in [-0.2, -0.15) is 0 Å². The van der Waals surface area contributed by atoms with Gasteiger partial charge in [0.1, 0.15) is 11.5 Å². The number of rotatable bonds is 5. The van der Waals surface area contributed by atoms with Crippen LogP contribution in [0, 0.1) is 0 Å². The molecule has 0 aliphatic carbocycles. The fourth-order valence-corrected chi connectivity index (χ4v) is 1.97. The Morgan fingerprint density at radius 2 is 2.06 bits per heavy atom. The Morgan fingerprint density at radius 3 is 2.69 bits per heavy atom. The Hall–Kier alpha value is -0.250. The third-order valence-corrected chi connectivity index (χ3v) is 3.40. The minimum atomic E-state index is 0.156. The molecular weight excluding hydrogens is 315 g/mol. The average Bonchev–Trinajstić information content (AvgIpc) is 2.19. The molecule has 1 aromatic carbocycles. The first kappa shape index (κ1) is 13.8. The number of carbonyl (C=O) groups is 1. The highest BCUT2D eigenvalue weighted by atomic mass is 79.9. The highest BCUT2D eigenvalue weighted by Gasteiger charge is 2.06. The van der Waals surface area contributed by atoms with Crippen LogP contribution in [0.1, 0.15) is 19.8 Å². The maximum absolute atomic E-state index is 10.7. The van der Waals surface area contributed by atoms with Gasteiger partial charge >= 0.3 is 0 Å². The van der Waals surface area contributed by atoms with Crippen molar-refractivity contribution >= 4 is 44.9 Å². The van der Waals surface area contributed by atoms with Crippen molar-refractivity contribution < 1.29 is 9.53 Å². The van der Waals surface area contributed by atoms with Crippen molar-refractivity contribution in [2.45, 2.75) is 19.8 Å². The van der Waals surface area contributed by atoms with E-state index in [1.807, 2.05) is 0 Å². The Morgan fingerprint density at radius 1 is 1.38 bits per heavy atom. The summed E-state index contributed by atoms with van der Waals surface area (Å²) in [7, 11) is 0. The molecule has 0 N–H and O–H groups in total. The molecular formula is C11H11BrCl2O2. The maximum atomic E-state index is 10.7. The lowest BCUT2D eigenvalue weighted by Gasteiger charge is -2.08. The summed E-state index contributed by atoms with van der Waals surface area (Å²) >= 11 is 15.1. The van der Waals surface area contributed by atoms with E-state index in [2.05, 4.69) is 15.9 Å². The zero-order valence-corrected chi connectivity index (χ0v) is 11.8. The minimum Gasteiger partial charge on any atom is -0.492 e. The average molecular weight is 326 g/mol. The lowest BCUT2D eigenvalue weighted by molar-refractivity contribution is -0.117. The summed E-state index contributed by atoms with van der Waals surface area (Å²) in [5.74, 6) is 0.696. The molecule has 0 atom stereocenters. The highest BCUT2D eigenvalue weighted by Crippen LogP contribution is 2.34. The molecule has 0 fully saturated rings. The van der Waals surface area contributed by atoms with Crippen molar-refractivity contribution in [1.29, 1.82) is 0 Å². The van der Waals surface area contributed by atoms with Crippen molar-refractivity contribution in [3.05, 3.63) is 26.7 Å². The van der Waals surface area contributed by atoms with Gasteiger partial charge < -0.3 is 9.53 Å². The third-order valence-electron chi connectivity index (χ3n) is 1.91. The maximum Gasteiger partial charge on any atom is 0.139 e. The Labute approximate surface area is 113 Å². The molecule has 16 heavy (non-hydrogen) atoms. The van der Waals surface area contributed by atoms with Gasteiger partial charge in [0.15, 0.2) is 0 Å². The van der Waals surface area contributed by atoms with Crippen molar-refractivity contribution in [3.8, 4) is 5.75 Å². The first-order valence-corrected chi connectivity index (χ1v) is 6.32. The van der Waals surface area contributed by atoms with Crippen molar-refractivity contribution in [3.63, 3.8) is 0 Å². The van der Waals surface area contributed by atoms with Gasteiger partial charge in [0.2, 0.25) is 0 Å². The van der Waals surface area contributed by atoms with Crippen molar-refractivity contribution in [2.24, 2.45) is 0 Å². The molecule has 0 spiro atoms. The predicted molar refractivity (Wildman–Crippen MR) is 69.6 cm³/mol. The molecule has 0 heterocycles. The van der Waals surface area contributed by atoms with Crippen LogP contribution >= 0.6 is 39.1 Å². The normalized spacial score (nSPS) is 10.2. The molecule has 0 amide bonds. The van der Waals surface area contributed by atoms with E-state index < -0.39 is 0 Å². The van der Waals surface area contributed by atoms with Gasteiger partial charge in [-0.05, 0) is 35.3 Å².